The Morgan fingerprint density at radius 3 is 2.69 bits per heavy atom. The number of nitrogens with zero attached hydrogens (tertiary/aromatic N) is 4. The van der Waals surface area contributed by atoms with Gasteiger partial charge in [0.25, 0.3) is 0 Å². The van der Waals surface area contributed by atoms with Crippen LogP contribution in [0.4, 0.5) is 0 Å². The first-order valence-electron chi connectivity index (χ1n) is 9.52. The van der Waals surface area contributed by atoms with E-state index in [9.17, 15) is 5.11 Å². The minimum Gasteiger partial charge on any atom is -0.394 e. The topological polar surface area (TPSA) is 91.5 Å². The van der Waals surface area contributed by atoms with E-state index in [1.807, 2.05) is 36.6 Å². The predicted molar refractivity (Wildman–Crippen MR) is 106 cm³/mol. The van der Waals surface area contributed by atoms with Gasteiger partial charge in [-0.1, -0.05) is 42.1 Å². The van der Waals surface area contributed by atoms with Crippen LogP contribution in [0.5, 0.6) is 0 Å². The second kappa shape index (κ2) is 7.33. The number of hydrogen-bond acceptors (Lipinski definition) is 8. The lowest BCUT2D eigenvalue weighted by Gasteiger charge is -2.24. The van der Waals surface area contributed by atoms with Gasteiger partial charge in [-0.05, 0) is 19.4 Å². The normalized spacial score (nSPS) is 28.1. The van der Waals surface area contributed by atoms with Crippen LogP contribution >= 0.6 is 11.8 Å². The summed E-state index contributed by atoms with van der Waals surface area (Å²) >= 11 is 1.62. The molecule has 1 aromatic carbocycles. The average molecular weight is 414 g/mol. The Labute approximate surface area is 172 Å². The molecule has 2 saturated heterocycles. The van der Waals surface area contributed by atoms with Crippen molar-refractivity contribution in [3.63, 3.8) is 0 Å². The monoisotopic (exact) mass is 414 g/mol. The third-order valence-electron chi connectivity index (χ3n) is 5.12. The van der Waals surface area contributed by atoms with Gasteiger partial charge in [-0.2, -0.15) is 0 Å². The molecule has 0 aliphatic carbocycles. The summed E-state index contributed by atoms with van der Waals surface area (Å²) in [6, 6.07) is 10.2. The zero-order valence-corrected chi connectivity index (χ0v) is 17.0. The van der Waals surface area contributed by atoms with Crippen LogP contribution < -0.4 is 0 Å². The Balaban J connectivity index is 1.44. The predicted octanol–water partition coefficient (Wildman–Crippen LogP) is 2.53. The number of aromatic nitrogens is 4. The fourth-order valence-corrected chi connectivity index (χ4v) is 4.78. The molecule has 3 aromatic rings. The highest BCUT2D eigenvalue weighted by Crippen LogP contribution is 2.43. The first-order chi connectivity index (χ1) is 14.1. The molecule has 9 heteroatoms. The molecule has 0 radical (unpaired) electrons. The molecule has 0 bridgehead atoms. The maximum absolute atomic E-state index is 9.72. The number of imidazole rings is 1. The summed E-state index contributed by atoms with van der Waals surface area (Å²) < 4.78 is 19.9. The molecule has 0 amide bonds. The van der Waals surface area contributed by atoms with Crippen molar-refractivity contribution in [3.8, 4) is 0 Å². The molecule has 2 aliphatic heterocycles. The van der Waals surface area contributed by atoms with E-state index in [4.69, 9.17) is 14.2 Å². The van der Waals surface area contributed by atoms with Crippen LogP contribution in [0, 0.1) is 0 Å². The Hall–Kier alpha value is -2.04. The number of aliphatic hydroxyl groups excluding tert-OH is 1. The average Bonchev–Trinajstić information content (AvgIpc) is 3.37. The minimum atomic E-state index is -0.729. The Bertz CT molecular complexity index is 1010. The highest BCUT2D eigenvalue weighted by molar-refractivity contribution is 7.98. The first-order valence-corrected chi connectivity index (χ1v) is 10.5. The molecule has 4 unspecified atom stereocenters. The van der Waals surface area contributed by atoms with Gasteiger partial charge in [-0.3, -0.25) is 4.57 Å². The lowest BCUT2D eigenvalue weighted by molar-refractivity contribution is -0.199. The van der Waals surface area contributed by atoms with E-state index in [0.717, 1.165) is 16.3 Å². The van der Waals surface area contributed by atoms with Crippen molar-refractivity contribution in [2.75, 3.05) is 6.61 Å². The number of benzene rings is 1. The Kier molecular flexibility index (Phi) is 4.79. The molecule has 2 fully saturated rings. The quantitative estimate of drug-likeness (QED) is 0.503. The van der Waals surface area contributed by atoms with Gasteiger partial charge in [0.15, 0.2) is 17.7 Å². The van der Waals surface area contributed by atoms with Crippen molar-refractivity contribution < 1.29 is 19.3 Å². The highest BCUT2D eigenvalue weighted by Gasteiger charge is 2.55. The fourth-order valence-electron chi connectivity index (χ4n) is 3.88. The standard InChI is InChI=1S/C20H22N4O4S/c1-20(2)27-15-13(8-25)26-19(16(15)28-20)24-11-23-14-17(24)21-10-22-18(14)29-9-12-6-4-3-5-7-12/h3-7,10-11,13,15-16,19,25H,8-9H2,1-2H3. The van der Waals surface area contributed by atoms with E-state index in [1.165, 1.54) is 5.56 Å². The molecule has 2 aliphatic rings. The smallest absolute Gasteiger partial charge is 0.166 e. The maximum atomic E-state index is 9.72. The molecule has 5 rings (SSSR count). The van der Waals surface area contributed by atoms with Crippen LogP contribution in [0.25, 0.3) is 11.2 Å². The molecule has 0 saturated carbocycles. The molecule has 4 heterocycles. The largest absolute Gasteiger partial charge is 0.394 e. The molecule has 29 heavy (non-hydrogen) atoms. The Morgan fingerprint density at radius 1 is 1.10 bits per heavy atom. The maximum Gasteiger partial charge on any atom is 0.166 e. The van der Waals surface area contributed by atoms with Crippen LogP contribution in [-0.4, -0.2) is 55.3 Å². The molecule has 152 valence electrons. The van der Waals surface area contributed by atoms with E-state index in [-0.39, 0.29) is 18.8 Å². The summed E-state index contributed by atoms with van der Waals surface area (Å²) in [5.74, 6) is 0.0645. The number of hydrogen-bond donors (Lipinski definition) is 1. The summed E-state index contributed by atoms with van der Waals surface area (Å²) in [4.78, 5) is 13.4. The van der Waals surface area contributed by atoms with Crippen LogP contribution in [0.2, 0.25) is 0 Å². The summed E-state index contributed by atoms with van der Waals surface area (Å²) in [5, 5.41) is 10.5. The van der Waals surface area contributed by atoms with Crippen molar-refractivity contribution in [2.45, 2.75) is 55.0 Å². The number of aliphatic hydroxyl groups is 1. The lowest BCUT2D eigenvalue weighted by atomic mass is 10.1. The molecular weight excluding hydrogens is 392 g/mol. The van der Waals surface area contributed by atoms with Gasteiger partial charge < -0.3 is 19.3 Å². The van der Waals surface area contributed by atoms with Crippen LogP contribution in [0.1, 0.15) is 25.6 Å². The molecular formula is C20H22N4O4S. The van der Waals surface area contributed by atoms with Gasteiger partial charge in [-0.15, -0.1) is 0 Å². The number of thioether (sulfide) groups is 1. The third kappa shape index (κ3) is 3.43. The summed E-state index contributed by atoms with van der Waals surface area (Å²) in [6.07, 6.45) is 1.60. The summed E-state index contributed by atoms with van der Waals surface area (Å²) in [7, 11) is 0. The van der Waals surface area contributed by atoms with Gasteiger partial charge >= 0.3 is 0 Å². The SMILES string of the molecule is CC1(C)OC2C(CO)OC(n3cnc4c(SCc5ccccc5)ncnc43)C2O1. The lowest BCUT2D eigenvalue weighted by Crippen LogP contribution is -2.31. The molecule has 4 atom stereocenters. The van der Waals surface area contributed by atoms with Crippen molar-refractivity contribution in [3.05, 3.63) is 48.5 Å². The number of ether oxygens (including phenoxy) is 3. The van der Waals surface area contributed by atoms with Crippen molar-refractivity contribution in [2.24, 2.45) is 0 Å². The van der Waals surface area contributed by atoms with Gasteiger partial charge in [0, 0.05) is 5.75 Å². The second-order valence-electron chi connectivity index (χ2n) is 7.59. The van der Waals surface area contributed by atoms with E-state index in [1.54, 1.807) is 24.4 Å². The van der Waals surface area contributed by atoms with Gasteiger partial charge in [0.05, 0.1) is 12.9 Å². The van der Waals surface area contributed by atoms with Crippen LogP contribution in [0.15, 0.2) is 48.0 Å². The fraction of sp³-hybridized carbons (Fsp3) is 0.450. The molecule has 1 N–H and O–H groups in total. The minimum absolute atomic E-state index is 0.142. The van der Waals surface area contributed by atoms with E-state index in [2.05, 4.69) is 27.1 Å². The first kappa shape index (κ1) is 19.0. The zero-order valence-electron chi connectivity index (χ0n) is 16.1. The zero-order chi connectivity index (χ0) is 20.0. The Morgan fingerprint density at radius 2 is 1.90 bits per heavy atom. The van der Waals surface area contributed by atoms with Crippen molar-refractivity contribution in [1.82, 2.24) is 19.5 Å². The number of rotatable bonds is 5. The van der Waals surface area contributed by atoms with E-state index in [0.29, 0.717) is 5.65 Å². The number of fused-ring (bicyclic) bond motifs is 2. The van der Waals surface area contributed by atoms with Gasteiger partial charge in [0.2, 0.25) is 0 Å². The van der Waals surface area contributed by atoms with E-state index >= 15 is 0 Å². The van der Waals surface area contributed by atoms with Crippen LogP contribution in [-0.2, 0) is 20.0 Å². The third-order valence-corrected chi connectivity index (χ3v) is 6.17. The second-order valence-corrected chi connectivity index (χ2v) is 8.55. The van der Waals surface area contributed by atoms with E-state index < -0.39 is 18.1 Å². The van der Waals surface area contributed by atoms with Crippen molar-refractivity contribution >= 4 is 22.9 Å². The van der Waals surface area contributed by atoms with Crippen LogP contribution in [0.3, 0.4) is 0 Å². The molecule has 0 spiro atoms. The molecule has 2 aromatic heterocycles. The highest BCUT2D eigenvalue weighted by atomic mass is 32.2. The van der Waals surface area contributed by atoms with Gasteiger partial charge in [0.1, 0.15) is 35.2 Å². The van der Waals surface area contributed by atoms with Gasteiger partial charge in [-0.25, -0.2) is 15.0 Å². The summed E-state index contributed by atoms with van der Waals surface area (Å²) in [5.41, 5.74) is 2.61. The van der Waals surface area contributed by atoms with Crippen molar-refractivity contribution in [1.29, 1.82) is 0 Å². The summed E-state index contributed by atoms with van der Waals surface area (Å²) in [6.45, 7) is 3.59. The molecule has 8 nitrogen and oxygen atoms in total.